The van der Waals surface area contributed by atoms with Crippen molar-refractivity contribution < 1.29 is 9.84 Å². The van der Waals surface area contributed by atoms with E-state index in [9.17, 15) is 0 Å². The second kappa shape index (κ2) is 8.08. The summed E-state index contributed by atoms with van der Waals surface area (Å²) in [4.78, 5) is 0. The van der Waals surface area contributed by atoms with E-state index in [0.29, 0.717) is 6.61 Å². The summed E-state index contributed by atoms with van der Waals surface area (Å²) in [5.74, 6) is 0. The van der Waals surface area contributed by atoms with Crippen molar-refractivity contribution in [3.05, 3.63) is 0 Å². The Kier molecular flexibility index (Phi) is 7.06. The molecule has 2 heteroatoms. The normalized spacial score (nSPS) is 19.9. The van der Waals surface area contributed by atoms with E-state index in [2.05, 4.69) is 6.92 Å². The lowest BCUT2D eigenvalue weighted by molar-refractivity contribution is -0.0866. The molecule has 0 aromatic rings. The Balaban J connectivity index is 2.30. The van der Waals surface area contributed by atoms with Gasteiger partial charge in [-0.1, -0.05) is 51.9 Å². The molecule has 0 aromatic carbocycles. The van der Waals surface area contributed by atoms with Crippen LogP contribution in [0, 0.1) is 0 Å². The highest BCUT2D eigenvalue weighted by Crippen LogP contribution is 2.35. The van der Waals surface area contributed by atoms with Gasteiger partial charge >= 0.3 is 0 Å². The molecule has 0 aromatic heterocycles. The summed E-state index contributed by atoms with van der Waals surface area (Å²) in [5.41, 5.74) is 0.120. The Morgan fingerprint density at radius 1 is 1.06 bits per heavy atom. The van der Waals surface area contributed by atoms with Crippen LogP contribution in [0.3, 0.4) is 0 Å². The van der Waals surface area contributed by atoms with E-state index in [1.165, 1.54) is 64.2 Å². The van der Waals surface area contributed by atoms with Gasteiger partial charge < -0.3 is 9.84 Å². The van der Waals surface area contributed by atoms with Crippen LogP contribution in [0.25, 0.3) is 0 Å². The Bertz CT molecular complexity index is 162. The van der Waals surface area contributed by atoms with Crippen LogP contribution in [0.4, 0.5) is 0 Å². The molecule has 1 rings (SSSR count). The molecule has 1 saturated carbocycles. The second-order valence-electron chi connectivity index (χ2n) is 5.13. The van der Waals surface area contributed by atoms with Gasteiger partial charge in [0.15, 0.2) is 0 Å². The van der Waals surface area contributed by atoms with E-state index in [0.717, 1.165) is 0 Å². The molecule has 0 aliphatic heterocycles. The predicted octanol–water partition coefficient (Wildman–Crippen LogP) is 3.67. The molecule has 0 heterocycles. The molecule has 0 unspecified atom stereocenters. The highest BCUT2D eigenvalue weighted by molar-refractivity contribution is 4.84. The van der Waals surface area contributed by atoms with Gasteiger partial charge in [0, 0.05) is 0 Å². The first-order chi connectivity index (χ1) is 7.83. The maximum absolute atomic E-state index is 8.90. The van der Waals surface area contributed by atoms with E-state index >= 15 is 0 Å². The first-order valence-electron chi connectivity index (χ1n) is 7.08. The predicted molar refractivity (Wildman–Crippen MR) is 67.6 cm³/mol. The van der Waals surface area contributed by atoms with Gasteiger partial charge in [0.1, 0.15) is 0 Å². The first kappa shape index (κ1) is 14.0. The van der Waals surface area contributed by atoms with Crippen LogP contribution in [-0.4, -0.2) is 23.9 Å². The second-order valence-corrected chi connectivity index (χ2v) is 5.13. The fraction of sp³-hybridized carbons (Fsp3) is 1.00. The van der Waals surface area contributed by atoms with Crippen molar-refractivity contribution in [3.63, 3.8) is 0 Å². The molecule has 96 valence electrons. The summed E-state index contributed by atoms with van der Waals surface area (Å²) >= 11 is 0. The summed E-state index contributed by atoms with van der Waals surface area (Å²) in [6.07, 6.45) is 12.9. The summed E-state index contributed by atoms with van der Waals surface area (Å²) < 4.78 is 5.95. The minimum atomic E-state index is 0.120. The van der Waals surface area contributed by atoms with E-state index in [1.54, 1.807) is 0 Å². The average molecular weight is 228 g/mol. The number of unbranched alkanes of at least 4 members (excludes halogenated alkanes) is 3. The summed E-state index contributed by atoms with van der Waals surface area (Å²) in [6.45, 7) is 2.93. The highest BCUT2D eigenvalue weighted by Gasteiger charge is 2.31. The van der Waals surface area contributed by atoms with Crippen LogP contribution in [-0.2, 0) is 4.74 Å². The molecule has 1 aliphatic rings. The molecular weight excluding hydrogens is 200 g/mol. The van der Waals surface area contributed by atoms with Crippen molar-refractivity contribution in [2.75, 3.05) is 13.2 Å². The molecule has 1 N–H and O–H groups in total. The minimum Gasteiger partial charge on any atom is -0.394 e. The van der Waals surface area contributed by atoms with E-state index < -0.39 is 0 Å². The summed E-state index contributed by atoms with van der Waals surface area (Å²) in [7, 11) is 0. The van der Waals surface area contributed by atoms with Crippen LogP contribution < -0.4 is 0 Å². The lowest BCUT2D eigenvalue weighted by Crippen LogP contribution is -2.36. The molecule has 0 saturated heterocycles. The van der Waals surface area contributed by atoms with Crippen LogP contribution in [0.1, 0.15) is 71.1 Å². The fourth-order valence-electron chi connectivity index (χ4n) is 2.80. The molecule has 1 fully saturated rings. The van der Waals surface area contributed by atoms with E-state index in [4.69, 9.17) is 9.84 Å². The van der Waals surface area contributed by atoms with Crippen molar-refractivity contribution >= 4 is 0 Å². The van der Waals surface area contributed by atoms with Crippen LogP contribution in [0.2, 0.25) is 0 Å². The van der Waals surface area contributed by atoms with Gasteiger partial charge in [0.2, 0.25) is 0 Å². The number of aliphatic hydroxyl groups is 1. The molecule has 16 heavy (non-hydrogen) atoms. The standard InChI is InChI=1S/C14H28O2/c1-2-3-4-6-9-14(16-13-12-15)10-7-5-8-11-14/h15H,2-13H2,1H3. The summed E-state index contributed by atoms with van der Waals surface area (Å²) in [6, 6.07) is 0. The van der Waals surface area contributed by atoms with Gasteiger partial charge in [-0.3, -0.25) is 0 Å². The van der Waals surface area contributed by atoms with Gasteiger partial charge in [0.25, 0.3) is 0 Å². The zero-order valence-corrected chi connectivity index (χ0v) is 10.8. The highest BCUT2D eigenvalue weighted by atomic mass is 16.5. The van der Waals surface area contributed by atoms with Crippen molar-refractivity contribution in [2.24, 2.45) is 0 Å². The van der Waals surface area contributed by atoms with Gasteiger partial charge in [-0.15, -0.1) is 0 Å². The van der Waals surface area contributed by atoms with Gasteiger partial charge in [-0.2, -0.15) is 0 Å². The average Bonchev–Trinajstić information content (AvgIpc) is 2.34. The number of hydrogen-bond donors (Lipinski definition) is 1. The molecule has 0 radical (unpaired) electrons. The molecular formula is C14H28O2. The molecule has 2 nitrogen and oxygen atoms in total. The zero-order chi connectivity index (χ0) is 11.7. The molecule has 1 aliphatic carbocycles. The lowest BCUT2D eigenvalue weighted by Gasteiger charge is -2.37. The number of rotatable bonds is 8. The van der Waals surface area contributed by atoms with Crippen LogP contribution in [0.15, 0.2) is 0 Å². The third-order valence-corrected chi connectivity index (χ3v) is 3.75. The van der Waals surface area contributed by atoms with Gasteiger partial charge in [-0.05, 0) is 19.3 Å². The topological polar surface area (TPSA) is 29.5 Å². The SMILES string of the molecule is CCCCCCC1(OCCO)CCCCC1. The monoisotopic (exact) mass is 228 g/mol. The Morgan fingerprint density at radius 3 is 2.44 bits per heavy atom. The Hall–Kier alpha value is -0.0800. The van der Waals surface area contributed by atoms with Crippen molar-refractivity contribution in [3.8, 4) is 0 Å². The molecule has 0 bridgehead atoms. The molecule has 0 atom stereocenters. The number of ether oxygens (including phenoxy) is 1. The smallest absolute Gasteiger partial charge is 0.0705 e. The maximum Gasteiger partial charge on any atom is 0.0705 e. The van der Waals surface area contributed by atoms with Crippen LogP contribution >= 0.6 is 0 Å². The summed E-state index contributed by atoms with van der Waals surface area (Å²) in [5, 5.41) is 8.90. The van der Waals surface area contributed by atoms with Gasteiger partial charge in [-0.25, -0.2) is 0 Å². The van der Waals surface area contributed by atoms with Crippen molar-refractivity contribution in [2.45, 2.75) is 76.7 Å². The third kappa shape index (κ3) is 4.84. The van der Waals surface area contributed by atoms with Crippen LogP contribution in [0.5, 0.6) is 0 Å². The number of hydrogen-bond acceptors (Lipinski definition) is 2. The Labute approximate surface area is 100 Å². The third-order valence-electron chi connectivity index (χ3n) is 3.75. The first-order valence-corrected chi connectivity index (χ1v) is 7.08. The fourth-order valence-corrected chi connectivity index (χ4v) is 2.80. The van der Waals surface area contributed by atoms with Gasteiger partial charge in [0.05, 0.1) is 18.8 Å². The number of aliphatic hydroxyl groups excluding tert-OH is 1. The lowest BCUT2D eigenvalue weighted by atomic mass is 9.81. The van der Waals surface area contributed by atoms with Crippen molar-refractivity contribution in [1.29, 1.82) is 0 Å². The molecule has 0 spiro atoms. The van der Waals surface area contributed by atoms with E-state index in [1.807, 2.05) is 0 Å². The quantitative estimate of drug-likeness (QED) is 0.642. The van der Waals surface area contributed by atoms with E-state index in [-0.39, 0.29) is 12.2 Å². The minimum absolute atomic E-state index is 0.120. The maximum atomic E-state index is 8.90. The van der Waals surface area contributed by atoms with Crippen molar-refractivity contribution in [1.82, 2.24) is 0 Å². The zero-order valence-electron chi connectivity index (χ0n) is 10.8. The molecule has 0 amide bonds. The largest absolute Gasteiger partial charge is 0.394 e. The Morgan fingerprint density at radius 2 is 1.81 bits per heavy atom.